The van der Waals surface area contributed by atoms with Crippen LogP contribution in [0.15, 0.2) is 0 Å². The van der Waals surface area contributed by atoms with Gasteiger partial charge in [0.1, 0.15) is 24.2 Å². The van der Waals surface area contributed by atoms with Crippen molar-refractivity contribution in [3.8, 4) is 0 Å². The molecule has 22 heteroatoms. The quantitative estimate of drug-likeness (QED) is 0.0866. The second-order valence-corrected chi connectivity index (χ2v) is 21.8. The summed E-state index contributed by atoms with van der Waals surface area (Å²) in [5.41, 5.74) is 0. The predicted octanol–water partition coefficient (Wildman–Crippen LogP) is 13.6. The highest BCUT2D eigenvalue weighted by Crippen LogP contribution is 2.43. The first-order chi connectivity index (χ1) is 31.7. The van der Waals surface area contributed by atoms with Crippen LogP contribution in [0.25, 0.3) is 0 Å². The predicted molar refractivity (Wildman–Crippen MR) is 245 cm³/mol. The third-order valence-corrected chi connectivity index (χ3v) is 12.5. The monoisotopic (exact) mass is 1050 g/mol. The van der Waals surface area contributed by atoms with Crippen LogP contribution in [0.4, 0.5) is 70.2 Å². The fourth-order valence-corrected chi connectivity index (χ4v) is 8.06. The molecule has 0 unspecified atom stereocenters. The van der Waals surface area contributed by atoms with E-state index in [1.165, 1.54) is 0 Å². The molecule has 0 aromatic carbocycles. The van der Waals surface area contributed by atoms with Gasteiger partial charge < -0.3 is 31.9 Å². The van der Waals surface area contributed by atoms with Gasteiger partial charge >= 0.3 is 24.7 Å². The summed E-state index contributed by atoms with van der Waals surface area (Å²) in [6.45, 7) is 21.5. The SMILES string of the molecule is CC(C)N[C@@H](C1CC1)C(F)(F)F.CC(C)N[C@@H](C1CCC1)C(F)(F)F.CC(C)N[C@@H]1CCC1(F)F.CC(C)N[C@H](C1CC1)C(F)(F)F.CC(C)N[C@H](C1CCC1)C(F)(F)F.CC(C)N[C@H]1CCC1(F)F. The molecule has 6 aliphatic rings. The topological polar surface area (TPSA) is 72.2 Å². The summed E-state index contributed by atoms with van der Waals surface area (Å²) in [5.74, 6) is -5.61. The van der Waals surface area contributed by atoms with Crippen molar-refractivity contribution >= 4 is 0 Å². The van der Waals surface area contributed by atoms with Gasteiger partial charge in [0.25, 0.3) is 11.8 Å². The average Bonchev–Trinajstić information content (AvgIpc) is 4.06. The van der Waals surface area contributed by atoms with Gasteiger partial charge in [-0.1, -0.05) is 95.9 Å². The molecule has 0 amide bonds. The zero-order valence-electron chi connectivity index (χ0n) is 43.2. The molecule has 0 aromatic rings. The highest BCUT2D eigenvalue weighted by Gasteiger charge is 2.52. The van der Waals surface area contributed by atoms with E-state index in [0.717, 1.165) is 12.8 Å². The van der Waals surface area contributed by atoms with Crippen LogP contribution in [0.3, 0.4) is 0 Å². The van der Waals surface area contributed by atoms with Gasteiger partial charge in [-0.2, -0.15) is 52.7 Å². The van der Waals surface area contributed by atoms with Crippen molar-refractivity contribution in [3.63, 3.8) is 0 Å². The minimum Gasteiger partial charge on any atom is -0.306 e. The molecule has 0 saturated heterocycles. The van der Waals surface area contributed by atoms with E-state index in [-0.39, 0.29) is 72.8 Å². The van der Waals surface area contributed by atoms with Crippen molar-refractivity contribution in [1.29, 1.82) is 0 Å². The lowest BCUT2D eigenvalue weighted by atomic mass is 9.79. The Morgan fingerprint density at radius 1 is 0.314 bits per heavy atom. The minimum absolute atomic E-state index is 0.0530. The number of alkyl halides is 16. The van der Waals surface area contributed by atoms with Gasteiger partial charge in [-0.3, -0.25) is 0 Å². The summed E-state index contributed by atoms with van der Waals surface area (Å²) >= 11 is 0. The molecular weight excluding hydrogens is 965 g/mol. The Morgan fingerprint density at radius 2 is 0.514 bits per heavy atom. The van der Waals surface area contributed by atoms with Crippen LogP contribution in [0, 0.1) is 23.7 Å². The Kier molecular flexibility index (Phi) is 27.2. The molecule has 6 rings (SSSR count). The van der Waals surface area contributed by atoms with Gasteiger partial charge in [0, 0.05) is 49.1 Å². The first-order valence-corrected chi connectivity index (χ1v) is 25.3. The summed E-state index contributed by atoms with van der Waals surface area (Å²) in [6, 6.07) is -6.35. The Bertz CT molecular complexity index is 1300. The summed E-state index contributed by atoms with van der Waals surface area (Å²) in [7, 11) is 0. The van der Waals surface area contributed by atoms with E-state index >= 15 is 0 Å². The normalized spacial score (nSPS) is 24.1. The lowest BCUT2D eigenvalue weighted by molar-refractivity contribution is -0.176. The molecule has 0 radical (unpaired) electrons. The molecule has 6 nitrogen and oxygen atoms in total. The standard InChI is InChI=1S/2C9H16F3N.2C8H14F3N.2C7H13F2N/c2*1-6(2)13-8(9(10,11)12)7-4-3-5-7;2*1-5(2)12-7(6-3-4-6)8(9,10)11;2*1-5(2)10-6-3-4-7(6,8)9/h2*6-8,13H,3-5H2,1-2H3;2*5-7,12H,3-4H2,1-2H3;2*5-6,10H,3-4H2,1-2H3/t2*8-;2*7-;2*6-/m101010/s1. The Labute approximate surface area is 407 Å². The van der Waals surface area contributed by atoms with E-state index in [1.807, 2.05) is 27.7 Å². The van der Waals surface area contributed by atoms with E-state index in [0.29, 0.717) is 64.2 Å². The maximum atomic E-state index is 12.5. The molecule has 0 bridgehead atoms. The van der Waals surface area contributed by atoms with Crippen LogP contribution in [0.5, 0.6) is 0 Å². The van der Waals surface area contributed by atoms with Gasteiger partial charge in [-0.25, -0.2) is 17.6 Å². The summed E-state index contributed by atoms with van der Waals surface area (Å²) in [6.07, 6.45) is -7.41. The first-order valence-electron chi connectivity index (χ1n) is 25.3. The molecule has 6 fully saturated rings. The van der Waals surface area contributed by atoms with Gasteiger partial charge in [0.05, 0.1) is 12.1 Å². The van der Waals surface area contributed by atoms with E-state index in [1.54, 1.807) is 55.4 Å². The molecule has 0 heterocycles. The number of hydrogen-bond donors (Lipinski definition) is 6. The summed E-state index contributed by atoms with van der Waals surface area (Å²) < 4.78 is 199. The van der Waals surface area contributed by atoms with Crippen LogP contribution in [-0.4, -0.2) is 109 Å². The molecule has 6 atom stereocenters. The smallest absolute Gasteiger partial charge is 0.306 e. The summed E-state index contributed by atoms with van der Waals surface area (Å²) in [5, 5.41) is 15.9. The Balaban J connectivity index is 0.000000421. The van der Waals surface area contributed by atoms with E-state index in [2.05, 4.69) is 31.9 Å². The number of rotatable bonds is 16. The lowest BCUT2D eigenvalue weighted by Gasteiger charge is -2.38. The second kappa shape index (κ2) is 28.5. The molecule has 6 saturated carbocycles. The van der Waals surface area contributed by atoms with Crippen molar-refractivity contribution in [2.24, 2.45) is 23.7 Å². The van der Waals surface area contributed by atoms with Crippen molar-refractivity contribution in [2.75, 3.05) is 0 Å². The minimum atomic E-state index is -4.09. The van der Waals surface area contributed by atoms with Crippen molar-refractivity contribution < 1.29 is 70.2 Å². The third-order valence-electron chi connectivity index (χ3n) is 12.5. The average molecular weight is 1050 g/mol. The number of halogens is 16. The molecular formula is C48H86F16N6. The largest absolute Gasteiger partial charge is 0.404 e. The van der Waals surface area contributed by atoms with Gasteiger partial charge in [0.15, 0.2) is 0 Å². The van der Waals surface area contributed by atoms with Crippen LogP contribution >= 0.6 is 0 Å². The molecule has 70 heavy (non-hydrogen) atoms. The lowest BCUT2D eigenvalue weighted by Crippen LogP contribution is -2.55. The number of hydrogen-bond acceptors (Lipinski definition) is 6. The van der Waals surface area contributed by atoms with Gasteiger partial charge in [-0.05, 0) is 87.9 Å². The second-order valence-electron chi connectivity index (χ2n) is 21.8. The molecule has 420 valence electrons. The van der Waals surface area contributed by atoms with Crippen LogP contribution in [0.1, 0.15) is 173 Å². The molecule has 0 aliphatic heterocycles. The molecule has 0 aromatic heterocycles. The zero-order chi connectivity index (χ0) is 54.4. The maximum absolute atomic E-state index is 12.5. The zero-order valence-corrected chi connectivity index (χ0v) is 43.2. The highest BCUT2D eigenvalue weighted by atomic mass is 19.4. The van der Waals surface area contributed by atoms with Crippen molar-refractivity contribution in [3.05, 3.63) is 0 Å². The number of nitrogens with one attached hydrogen (secondary N) is 6. The Hall–Kier alpha value is -1.36. The van der Waals surface area contributed by atoms with Crippen LogP contribution < -0.4 is 31.9 Å². The first kappa shape index (κ1) is 66.7. The van der Waals surface area contributed by atoms with Crippen LogP contribution in [0.2, 0.25) is 0 Å². The summed E-state index contributed by atoms with van der Waals surface area (Å²) in [4.78, 5) is 0. The van der Waals surface area contributed by atoms with Gasteiger partial charge in [0.2, 0.25) is 0 Å². The molecule has 0 spiro atoms. The van der Waals surface area contributed by atoms with Crippen molar-refractivity contribution in [1.82, 2.24) is 31.9 Å². The fraction of sp³-hybridized carbons (Fsp3) is 1.00. The third kappa shape index (κ3) is 26.2. The molecule has 6 aliphatic carbocycles. The van der Waals surface area contributed by atoms with E-state index in [4.69, 9.17) is 0 Å². The highest BCUT2D eigenvalue weighted by molar-refractivity contribution is 4.96. The van der Waals surface area contributed by atoms with Gasteiger partial charge in [-0.15, -0.1) is 0 Å². The van der Waals surface area contributed by atoms with Crippen molar-refractivity contribution in [2.45, 2.75) is 282 Å². The fourth-order valence-electron chi connectivity index (χ4n) is 8.06. The maximum Gasteiger partial charge on any atom is 0.404 e. The van der Waals surface area contributed by atoms with E-state index < -0.39 is 72.8 Å². The van der Waals surface area contributed by atoms with E-state index in [9.17, 15) is 70.2 Å². The molecule has 6 N–H and O–H groups in total. The Morgan fingerprint density at radius 3 is 0.586 bits per heavy atom. The van der Waals surface area contributed by atoms with Crippen LogP contribution in [-0.2, 0) is 0 Å².